The number of epoxide rings is 1. The molecule has 4 heteroatoms. The van der Waals surface area contributed by atoms with Crippen molar-refractivity contribution in [2.75, 3.05) is 26.9 Å². The van der Waals surface area contributed by atoms with Crippen molar-refractivity contribution in [3.05, 3.63) is 18.2 Å². The van der Waals surface area contributed by atoms with Crippen molar-refractivity contribution in [1.29, 1.82) is 0 Å². The van der Waals surface area contributed by atoms with Gasteiger partial charge in [0.2, 0.25) is 5.75 Å². The molecule has 0 aliphatic carbocycles. The van der Waals surface area contributed by atoms with Crippen molar-refractivity contribution in [3.8, 4) is 17.2 Å². The number of ether oxygens (including phenoxy) is 4. The number of methoxy groups -OCH3 is 1. The lowest BCUT2D eigenvalue weighted by Crippen LogP contribution is -2.26. The Labute approximate surface area is 87.7 Å². The molecule has 1 unspecified atom stereocenters. The van der Waals surface area contributed by atoms with Crippen LogP contribution < -0.4 is 14.2 Å². The van der Waals surface area contributed by atoms with E-state index in [1.807, 2.05) is 18.2 Å². The van der Waals surface area contributed by atoms with Gasteiger partial charge in [-0.3, -0.25) is 0 Å². The van der Waals surface area contributed by atoms with Gasteiger partial charge >= 0.3 is 0 Å². The summed E-state index contributed by atoms with van der Waals surface area (Å²) in [7, 11) is 1.62. The van der Waals surface area contributed by atoms with Crippen LogP contribution in [0.1, 0.15) is 0 Å². The summed E-state index contributed by atoms with van der Waals surface area (Å²) >= 11 is 0. The molecule has 0 bridgehead atoms. The van der Waals surface area contributed by atoms with Crippen LogP contribution in [-0.2, 0) is 4.74 Å². The lowest BCUT2D eigenvalue weighted by Gasteiger charge is -2.10. The van der Waals surface area contributed by atoms with Gasteiger partial charge in [0.25, 0.3) is 0 Å². The predicted molar refractivity (Wildman–Crippen MR) is 52.7 cm³/mol. The highest BCUT2D eigenvalue weighted by atomic mass is 16.7. The van der Waals surface area contributed by atoms with Gasteiger partial charge in [0, 0.05) is 0 Å². The summed E-state index contributed by atoms with van der Waals surface area (Å²) in [5.74, 6) is 2.10. The molecule has 2 aliphatic heterocycles. The smallest absolute Gasteiger partial charge is 0.203 e. The van der Waals surface area contributed by atoms with E-state index >= 15 is 0 Å². The Hall–Kier alpha value is -1.42. The second-order valence-corrected chi connectivity index (χ2v) is 3.84. The molecule has 1 aromatic rings. The number of hydrogen-bond donors (Lipinski definition) is 0. The van der Waals surface area contributed by atoms with Gasteiger partial charge in [-0.1, -0.05) is 6.07 Å². The SMILES string of the molecule is COc1cccc2c1OCC1(CO2)CO1. The zero-order valence-corrected chi connectivity index (χ0v) is 8.49. The number of rotatable bonds is 1. The highest BCUT2D eigenvalue weighted by Crippen LogP contribution is 2.42. The Morgan fingerprint density at radius 1 is 1.20 bits per heavy atom. The van der Waals surface area contributed by atoms with Gasteiger partial charge in [-0.15, -0.1) is 0 Å². The molecule has 2 aliphatic rings. The molecule has 0 aromatic heterocycles. The minimum atomic E-state index is -0.218. The van der Waals surface area contributed by atoms with Crippen LogP contribution >= 0.6 is 0 Å². The monoisotopic (exact) mass is 208 g/mol. The predicted octanol–water partition coefficient (Wildman–Crippen LogP) is 1.24. The van der Waals surface area contributed by atoms with Crippen LogP contribution in [0.3, 0.4) is 0 Å². The molecule has 1 atom stereocenters. The van der Waals surface area contributed by atoms with Gasteiger partial charge in [0.1, 0.15) is 13.2 Å². The minimum Gasteiger partial charge on any atom is -0.493 e. The Kier molecular flexibility index (Phi) is 1.79. The van der Waals surface area contributed by atoms with Gasteiger partial charge in [0.15, 0.2) is 17.1 Å². The average Bonchev–Trinajstić information content (AvgIpc) is 3.07. The molecule has 80 valence electrons. The Balaban J connectivity index is 1.95. The van der Waals surface area contributed by atoms with E-state index in [9.17, 15) is 0 Å². The quantitative estimate of drug-likeness (QED) is 0.651. The van der Waals surface area contributed by atoms with Gasteiger partial charge in [-0.05, 0) is 12.1 Å². The first-order valence-electron chi connectivity index (χ1n) is 4.90. The van der Waals surface area contributed by atoms with Crippen molar-refractivity contribution in [3.63, 3.8) is 0 Å². The third kappa shape index (κ3) is 1.41. The van der Waals surface area contributed by atoms with E-state index in [1.54, 1.807) is 7.11 Å². The molecular formula is C11H12O4. The van der Waals surface area contributed by atoms with E-state index in [4.69, 9.17) is 18.9 Å². The number of fused-ring (bicyclic) bond motifs is 1. The van der Waals surface area contributed by atoms with E-state index in [0.717, 1.165) is 5.75 Å². The van der Waals surface area contributed by atoms with Crippen molar-refractivity contribution in [2.45, 2.75) is 5.60 Å². The normalized spacial score (nSPS) is 27.3. The van der Waals surface area contributed by atoms with Gasteiger partial charge in [0.05, 0.1) is 13.7 Å². The van der Waals surface area contributed by atoms with E-state index in [0.29, 0.717) is 31.3 Å². The fourth-order valence-electron chi connectivity index (χ4n) is 1.64. The maximum Gasteiger partial charge on any atom is 0.203 e. The number of para-hydroxylation sites is 1. The van der Waals surface area contributed by atoms with Crippen molar-refractivity contribution >= 4 is 0 Å². The maximum absolute atomic E-state index is 5.67. The van der Waals surface area contributed by atoms with E-state index in [1.165, 1.54) is 0 Å². The minimum absolute atomic E-state index is 0.218. The third-order valence-electron chi connectivity index (χ3n) is 2.69. The summed E-state index contributed by atoms with van der Waals surface area (Å²) in [6.07, 6.45) is 0. The summed E-state index contributed by atoms with van der Waals surface area (Å²) in [5.41, 5.74) is -0.218. The highest BCUT2D eigenvalue weighted by Gasteiger charge is 2.48. The largest absolute Gasteiger partial charge is 0.493 e. The first kappa shape index (κ1) is 8.85. The second-order valence-electron chi connectivity index (χ2n) is 3.84. The number of hydrogen-bond acceptors (Lipinski definition) is 4. The summed E-state index contributed by atoms with van der Waals surface area (Å²) in [4.78, 5) is 0. The topological polar surface area (TPSA) is 40.2 Å². The van der Waals surface area contributed by atoms with Crippen LogP contribution in [0.2, 0.25) is 0 Å². The van der Waals surface area contributed by atoms with Crippen LogP contribution in [0.4, 0.5) is 0 Å². The average molecular weight is 208 g/mol. The molecule has 1 fully saturated rings. The van der Waals surface area contributed by atoms with Gasteiger partial charge in [-0.25, -0.2) is 0 Å². The maximum atomic E-state index is 5.67. The highest BCUT2D eigenvalue weighted by molar-refractivity contribution is 5.51. The molecule has 15 heavy (non-hydrogen) atoms. The van der Waals surface area contributed by atoms with E-state index in [-0.39, 0.29) is 5.60 Å². The van der Waals surface area contributed by atoms with Crippen LogP contribution in [0, 0.1) is 0 Å². The van der Waals surface area contributed by atoms with Crippen molar-refractivity contribution in [1.82, 2.24) is 0 Å². The Morgan fingerprint density at radius 2 is 2.00 bits per heavy atom. The van der Waals surface area contributed by atoms with Gasteiger partial charge < -0.3 is 18.9 Å². The summed E-state index contributed by atoms with van der Waals surface area (Å²) in [6.45, 7) is 1.79. The third-order valence-corrected chi connectivity index (χ3v) is 2.69. The van der Waals surface area contributed by atoms with Gasteiger partial charge in [-0.2, -0.15) is 0 Å². The summed E-state index contributed by atoms with van der Waals surface area (Å²) in [5, 5.41) is 0. The summed E-state index contributed by atoms with van der Waals surface area (Å²) < 4.78 is 21.9. The molecule has 4 nitrogen and oxygen atoms in total. The fraction of sp³-hybridized carbons (Fsp3) is 0.455. The summed E-state index contributed by atoms with van der Waals surface area (Å²) in [6, 6.07) is 5.61. The molecule has 1 saturated heterocycles. The van der Waals surface area contributed by atoms with Crippen molar-refractivity contribution < 1.29 is 18.9 Å². The molecular weight excluding hydrogens is 196 g/mol. The Bertz CT molecular complexity index is 384. The molecule has 2 heterocycles. The first-order chi connectivity index (χ1) is 7.33. The molecule has 1 aromatic carbocycles. The molecule has 0 saturated carbocycles. The molecule has 1 spiro atoms. The van der Waals surface area contributed by atoms with Crippen LogP contribution in [0.5, 0.6) is 17.2 Å². The lowest BCUT2D eigenvalue weighted by molar-refractivity contribution is 0.155. The lowest BCUT2D eigenvalue weighted by atomic mass is 10.2. The zero-order chi connectivity index (χ0) is 10.3. The fourth-order valence-corrected chi connectivity index (χ4v) is 1.64. The Morgan fingerprint density at radius 3 is 2.73 bits per heavy atom. The van der Waals surface area contributed by atoms with E-state index < -0.39 is 0 Å². The standard InChI is InChI=1S/C11H12O4/c1-12-8-3-2-4-9-10(8)14-6-11(5-13-9)7-15-11/h2-4H,5-7H2,1H3. The van der Waals surface area contributed by atoms with Crippen LogP contribution in [0.25, 0.3) is 0 Å². The number of benzene rings is 1. The molecule has 3 rings (SSSR count). The van der Waals surface area contributed by atoms with Crippen LogP contribution in [0.15, 0.2) is 18.2 Å². The van der Waals surface area contributed by atoms with Crippen molar-refractivity contribution in [2.24, 2.45) is 0 Å². The van der Waals surface area contributed by atoms with Crippen LogP contribution in [-0.4, -0.2) is 32.5 Å². The van der Waals surface area contributed by atoms with E-state index in [2.05, 4.69) is 0 Å². The second kappa shape index (κ2) is 3.03. The first-order valence-corrected chi connectivity index (χ1v) is 4.90. The zero-order valence-electron chi connectivity index (χ0n) is 8.49. The molecule has 0 N–H and O–H groups in total. The molecule has 0 amide bonds. The molecule has 0 radical (unpaired) electrons.